The van der Waals surface area contributed by atoms with Crippen molar-refractivity contribution in [2.75, 3.05) is 31.1 Å². The summed E-state index contributed by atoms with van der Waals surface area (Å²) in [5.41, 5.74) is 4.90. The Labute approximate surface area is 70.0 Å². The number of primary amides is 1. The maximum Gasteiger partial charge on any atom is 0.312 e. The van der Waals surface area contributed by atoms with Crippen molar-refractivity contribution in [1.29, 1.82) is 0 Å². The first-order chi connectivity index (χ1) is 4.92. The summed E-state index contributed by atoms with van der Waals surface area (Å²) in [5, 5.41) is 2.57. The van der Waals surface area contributed by atoms with Gasteiger partial charge in [-0.2, -0.15) is 0 Å². The van der Waals surface area contributed by atoms with Crippen LogP contribution in [0.5, 0.6) is 0 Å². The van der Waals surface area contributed by atoms with Crippen LogP contribution in [0, 0.1) is 0 Å². The van der Waals surface area contributed by atoms with Crippen molar-refractivity contribution in [3.8, 4) is 0 Å². The summed E-state index contributed by atoms with van der Waals surface area (Å²) in [6, 6.07) is -0.422. The predicted molar refractivity (Wildman–Crippen MR) is 52.4 cm³/mol. The smallest absolute Gasteiger partial charge is 0.312 e. The lowest BCUT2D eigenvalue weighted by Crippen LogP contribution is -2.30. The summed E-state index contributed by atoms with van der Waals surface area (Å²) >= 11 is 0. The van der Waals surface area contributed by atoms with Gasteiger partial charge < -0.3 is 11.1 Å². The molecule has 0 spiro atoms. The van der Waals surface area contributed by atoms with Crippen LogP contribution in [0.15, 0.2) is 0 Å². The lowest BCUT2D eigenvalue weighted by molar-refractivity contribution is 0.249. The molecule has 0 aliphatic carbocycles. The van der Waals surface area contributed by atoms with Crippen molar-refractivity contribution in [2.24, 2.45) is 5.73 Å². The van der Waals surface area contributed by atoms with Crippen molar-refractivity contribution < 1.29 is 4.79 Å². The van der Waals surface area contributed by atoms with E-state index in [0.717, 1.165) is 6.42 Å². The Kier molecular flexibility index (Phi) is 4.33. The van der Waals surface area contributed by atoms with Gasteiger partial charge >= 0.3 is 6.03 Å². The molecule has 11 heavy (non-hydrogen) atoms. The zero-order valence-electron chi connectivity index (χ0n) is 7.52. The average molecular weight is 178 g/mol. The Bertz CT molecular complexity index is 131. The molecular formula is C7H18N2OS. The van der Waals surface area contributed by atoms with E-state index in [1.807, 2.05) is 0 Å². The quantitative estimate of drug-likeness (QED) is 0.613. The Morgan fingerprint density at radius 2 is 2.00 bits per heavy atom. The van der Waals surface area contributed by atoms with Crippen molar-refractivity contribution >= 4 is 16.1 Å². The van der Waals surface area contributed by atoms with E-state index in [9.17, 15) is 4.79 Å². The van der Waals surface area contributed by atoms with Gasteiger partial charge in [-0.15, -0.1) is 0 Å². The number of amides is 2. The number of hydrogen-bond acceptors (Lipinski definition) is 1. The largest absolute Gasteiger partial charge is 0.352 e. The number of carbonyl (C=O) groups is 1. The van der Waals surface area contributed by atoms with Gasteiger partial charge in [0, 0.05) is 6.54 Å². The number of rotatable bonds is 4. The summed E-state index contributed by atoms with van der Waals surface area (Å²) in [6.07, 6.45) is 7.81. The van der Waals surface area contributed by atoms with Crippen LogP contribution in [0.2, 0.25) is 0 Å². The lowest BCUT2D eigenvalue weighted by atomic mass is 10.5. The predicted octanol–water partition coefficient (Wildman–Crippen LogP) is 0.739. The highest BCUT2D eigenvalue weighted by Crippen LogP contribution is 2.34. The van der Waals surface area contributed by atoms with Gasteiger partial charge in [0.15, 0.2) is 0 Å². The van der Waals surface area contributed by atoms with Crippen molar-refractivity contribution in [3.05, 3.63) is 0 Å². The van der Waals surface area contributed by atoms with E-state index >= 15 is 0 Å². The van der Waals surface area contributed by atoms with Crippen LogP contribution in [-0.2, 0) is 0 Å². The second kappa shape index (κ2) is 4.49. The summed E-state index contributed by atoms with van der Waals surface area (Å²) < 4.78 is 0. The third-order valence-corrected chi connectivity index (χ3v) is 2.75. The van der Waals surface area contributed by atoms with E-state index in [4.69, 9.17) is 5.73 Å². The fourth-order valence-corrected chi connectivity index (χ4v) is 1.73. The van der Waals surface area contributed by atoms with Crippen molar-refractivity contribution in [3.63, 3.8) is 0 Å². The van der Waals surface area contributed by atoms with E-state index in [-0.39, 0.29) is 0 Å². The van der Waals surface area contributed by atoms with Crippen LogP contribution in [0.3, 0.4) is 0 Å². The van der Waals surface area contributed by atoms with Crippen LogP contribution >= 0.6 is 10.0 Å². The van der Waals surface area contributed by atoms with Crippen LogP contribution in [-0.4, -0.2) is 37.1 Å². The summed E-state index contributed by atoms with van der Waals surface area (Å²) in [6.45, 7) is 0.708. The molecule has 4 heteroatoms. The highest BCUT2D eigenvalue weighted by Gasteiger charge is 2.02. The molecule has 0 aromatic heterocycles. The minimum absolute atomic E-state index is 0.414. The Morgan fingerprint density at radius 3 is 2.36 bits per heavy atom. The van der Waals surface area contributed by atoms with Gasteiger partial charge in [0.05, 0.1) is 0 Å². The molecule has 0 rings (SSSR count). The Hall–Kier alpha value is -0.380. The molecule has 3 N–H and O–H groups in total. The van der Waals surface area contributed by atoms with Crippen molar-refractivity contribution in [2.45, 2.75) is 6.42 Å². The molecule has 0 radical (unpaired) electrons. The highest BCUT2D eigenvalue weighted by atomic mass is 32.3. The third kappa shape index (κ3) is 9.62. The van der Waals surface area contributed by atoms with E-state index in [2.05, 4.69) is 24.1 Å². The molecule has 0 heterocycles. The van der Waals surface area contributed by atoms with Gasteiger partial charge in [0.1, 0.15) is 0 Å². The number of nitrogens with two attached hydrogens (primary N) is 1. The molecule has 0 fully saturated rings. The molecule has 2 amide bonds. The zero-order chi connectivity index (χ0) is 8.91. The number of urea groups is 1. The van der Waals surface area contributed by atoms with Crippen LogP contribution in [0.4, 0.5) is 4.79 Å². The molecule has 0 bridgehead atoms. The SMILES string of the molecule is CS(C)(C)CCCNC(N)=O. The molecular weight excluding hydrogens is 160 g/mol. The molecule has 0 aliphatic rings. The number of hydrogen-bond donors (Lipinski definition) is 2. The molecule has 0 saturated carbocycles. The normalized spacial score (nSPS) is 12.6. The van der Waals surface area contributed by atoms with E-state index in [1.54, 1.807) is 0 Å². The minimum Gasteiger partial charge on any atom is -0.352 e. The van der Waals surface area contributed by atoms with E-state index in [0.29, 0.717) is 6.54 Å². The monoisotopic (exact) mass is 178 g/mol. The number of carbonyl (C=O) groups excluding carboxylic acids is 1. The fraction of sp³-hybridized carbons (Fsp3) is 0.857. The standard InChI is InChI=1S/C7H18N2OS/c1-11(2,3)6-4-5-9-7(8)10/h4-6H2,1-3H3,(H3,8,9,10). The molecule has 0 aliphatic heterocycles. The molecule has 3 nitrogen and oxygen atoms in total. The second-order valence-corrected chi connectivity index (χ2v) is 8.03. The summed E-state index contributed by atoms with van der Waals surface area (Å²) in [5.74, 6) is 1.19. The van der Waals surface area contributed by atoms with Gasteiger partial charge in [-0.05, 0) is 30.9 Å². The Balaban J connectivity index is 3.22. The number of nitrogens with one attached hydrogen (secondary N) is 1. The minimum atomic E-state index is -0.422. The second-order valence-electron chi connectivity index (χ2n) is 3.44. The van der Waals surface area contributed by atoms with Crippen LogP contribution in [0.1, 0.15) is 6.42 Å². The maximum atomic E-state index is 10.2. The molecule has 0 atom stereocenters. The molecule has 0 aromatic rings. The van der Waals surface area contributed by atoms with Gasteiger partial charge in [0.25, 0.3) is 0 Å². The molecule has 0 unspecified atom stereocenters. The fourth-order valence-electron chi connectivity index (χ4n) is 0.717. The van der Waals surface area contributed by atoms with E-state index in [1.165, 1.54) is 5.75 Å². The third-order valence-electron chi connectivity index (χ3n) is 1.23. The van der Waals surface area contributed by atoms with Gasteiger partial charge in [-0.1, -0.05) is 0 Å². The topological polar surface area (TPSA) is 55.1 Å². The van der Waals surface area contributed by atoms with Crippen LogP contribution in [0.25, 0.3) is 0 Å². The molecule has 0 saturated heterocycles. The Morgan fingerprint density at radius 1 is 1.45 bits per heavy atom. The first-order valence-corrected chi connectivity index (χ1v) is 6.64. The van der Waals surface area contributed by atoms with Crippen molar-refractivity contribution in [1.82, 2.24) is 5.32 Å². The zero-order valence-corrected chi connectivity index (χ0v) is 8.33. The van der Waals surface area contributed by atoms with Crippen LogP contribution < -0.4 is 11.1 Å². The highest BCUT2D eigenvalue weighted by molar-refractivity contribution is 8.32. The lowest BCUT2D eigenvalue weighted by Gasteiger charge is -2.24. The first kappa shape index (κ1) is 10.6. The van der Waals surface area contributed by atoms with Gasteiger partial charge in [-0.25, -0.2) is 14.8 Å². The summed E-state index contributed by atoms with van der Waals surface area (Å²) in [4.78, 5) is 10.2. The molecule has 0 aromatic carbocycles. The van der Waals surface area contributed by atoms with Gasteiger partial charge in [-0.3, -0.25) is 0 Å². The van der Waals surface area contributed by atoms with Gasteiger partial charge in [0.2, 0.25) is 0 Å². The van der Waals surface area contributed by atoms with E-state index < -0.39 is 16.1 Å². The maximum absolute atomic E-state index is 10.2. The molecule has 68 valence electrons. The first-order valence-electron chi connectivity index (χ1n) is 3.61. The summed E-state index contributed by atoms with van der Waals surface area (Å²) in [7, 11) is -0.414. The average Bonchev–Trinajstić information content (AvgIpc) is 1.78.